The maximum Gasteiger partial charge on any atom is 0.276 e. The molecule has 1 saturated heterocycles. The summed E-state index contributed by atoms with van der Waals surface area (Å²) in [6, 6.07) is 3.87. The Balaban J connectivity index is 1.67. The summed E-state index contributed by atoms with van der Waals surface area (Å²) in [6.07, 6.45) is 3.56. The molecule has 3 heterocycles. The van der Waals surface area contributed by atoms with E-state index in [-0.39, 0.29) is 18.1 Å². The second-order valence-electron chi connectivity index (χ2n) is 5.68. The molecule has 22 heavy (non-hydrogen) atoms. The number of aromatic nitrogens is 1. The van der Waals surface area contributed by atoms with Crippen molar-refractivity contribution in [3.8, 4) is 10.6 Å². The summed E-state index contributed by atoms with van der Waals surface area (Å²) in [5, 5.41) is 1.96. The molecule has 0 aliphatic carbocycles. The van der Waals surface area contributed by atoms with Gasteiger partial charge in [0.05, 0.1) is 17.1 Å². The molecule has 5 nitrogen and oxygen atoms in total. The normalized spacial score (nSPS) is 16.4. The van der Waals surface area contributed by atoms with E-state index in [1.165, 1.54) is 6.39 Å². The van der Waals surface area contributed by atoms with Crippen LogP contribution in [0.25, 0.3) is 10.6 Å². The molecule has 0 spiro atoms. The Kier molecular flexibility index (Phi) is 4.59. The van der Waals surface area contributed by atoms with E-state index < -0.39 is 0 Å². The third-order valence-corrected chi connectivity index (χ3v) is 4.58. The van der Waals surface area contributed by atoms with Crippen molar-refractivity contribution in [2.24, 2.45) is 0 Å². The van der Waals surface area contributed by atoms with Crippen molar-refractivity contribution in [1.29, 1.82) is 0 Å². The van der Waals surface area contributed by atoms with Crippen LogP contribution in [0.4, 0.5) is 0 Å². The van der Waals surface area contributed by atoms with E-state index in [4.69, 9.17) is 9.15 Å². The Hall–Kier alpha value is -1.66. The number of oxazole rings is 1. The second kappa shape index (κ2) is 6.62. The molecule has 1 fully saturated rings. The van der Waals surface area contributed by atoms with Crippen LogP contribution in [0.3, 0.4) is 0 Å². The van der Waals surface area contributed by atoms with Gasteiger partial charge in [-0.1, -0.05) is 6.07 Å². The number of likely N-dealkylation sites (tertiary alicyclic amines) is 1. The Morgan fingerprint density at radius 1 is 1.45 bits per heavy atom. The molecule has 0 N–H and O–H groups in total. The van der Waals surface area contributed by atoms with Gasteiger partial charge in [0.1, 0.15) is 0 Å². The molecule has 0 saturated carbocycles. The number of rotatable bonds is 4. The van der Waals surface area contributed by atoms with Gasteiger partial charge in [-0.05, 0) is 38.1 Å². The zero-order chi connectivity index (χ0) is 15.5. The largest absolute Gasteiger partial charge is 0.442 e. The highest BCUT2D eigenvalue weighted by molar-refractivity contribution is 7.13. The molecule has 1 aliphatic rings. The maximum absolute atomic E-state index is 12.7. The number of thiophene rings is 1. The molecule has 1 amide bonds. The summed E-state index contributed by atoms with van der Waals surface area (Å²) in [7, 11) is 0. The van der Waals surface area contributed by atoms with Gasteiger partial charge in [-0.3, -0.25) is 4.79 Å². The number of hydrogen-bond donors (Lipinski definition) is 0. The lowest BCUT2D eigenvalue weighted by Gasteiger charge is -2.32. The van der Waals surface area contributed by atoms with E-state index >= 15 is 0 Å². The van der Waals surface area contributed by atoms with Crippen molar-refractivity contribution in [2.45, 2.75) is 38.9 Å². The highest BCUT2D eigenvalue weighted by atomic mass is 32.1. The fourth-order valence-corrected chi connectivity index (χ4v) is 3.42. The molecular weight excluding hydrogens is 300 g/mol. The van der Waals surface area contributed by atoms with Gasteiger partial charge >= 0.3 is 0 Å². The van der Waals surface area contributed by atoms with Gasteiger partial charge in [0, 0.05) is 13.1 Å². The summed E-state index contributed by atoms with van der Waals surface area (Å²) in [6.45, 7) is 5.49. The lowest BCUT2D eigenvalue weighted by Crippen LogP contribution is -2.41. The van der Waals surface area contributed by atoms with Crippen molar-refractivity contribution in [2.75, 3.05) is 13.1 Å². The summed E-state index contributed by atoms with van der Waals surface area (Å²) >= 11 is 1.54. The quantitative estimate of drug-likeness (QED) is 0.866. The van der Waals surface area contributed by atoms with Gasteiger partial charge in [0.2, 0.25) is 0 Å². The SMILES string of the molecule is CC(C)OC1CCN(C(=O)c2ncoc2-c2cccs2)CC1. The van der Waals surface area contributed by atoms with Gasteiger partial charge in [-0.15, -0.1) is 11.3 Å². The molecule has 6 heteroatoms. The number of nitrogens with zero attached hydrogens (tertiary/aromatic N) is 2. The first-order chi connectivity index (χ1) is 10.6. The Labute approximate surface area is 133 Å². The summed E-state index contributed by atoms with van der Waals surface area (Å²) in [5.41, 5.74) is 0.408. The molecule has 2 aromatic heterocycles. The fourth-order valence-electron chi connectivity index (χ4n) is 2.71. The standard InChI is InChI=1S/C16H20N2O3S/c1-11(2)21-12-5-7-18(8-6-12)16(19)14-15(20-10-17-14)13-4-3-9-22-13/h3-4,9-12H,5-8H2,1-2H3. The van der Waals surface area contributed by atoms with Crippen LogP contribution < -0.4 is 0 Å². The highest BCUT2D eigenvalue weighted by Crippen LogP contribution is 2.29. The van der Waals surface area contributed by atoms with E-state index in [9.17, 15) is 4.79 Å². The fraction of sp³-hybridized carbons (Fsp3) is 0.500. The summed E-state index contributed by atoms with van der Waals surface area (Å²) < 4.78 is 11.2. The van der Waals surface area contributed by atoms with Crippen LogP contribution >= 0.6 is 11.3 Å². The molecular formula is C16H20N2O3S. The average molecular weight is 320 g/mol. The Morgan fingerprint density at radius 2 is 2.23 bits per heavy atom. The van der Waals surface area contributed by atoms with E-state index in [1.807, 2.05) is 36.3 Å². The lowest BCUT2D eigenvalue weighted by molar-refractivity contribution is -0.0236. The molecule has 118 valence electrons. The number of hydrogen-bond acceptors (Lipinski definition) is 5. The van der Waals surface area contributed by atoms with Crippen molar-refractivity contribution >= 4 is 17.2 Å². The van der Waals surface area contributed by atoms with Crippen LogP contribution in [0.5, 0.6) is 0 Å². The number of ether oxygens (including phenoxy) is 1. The molecule has 0 atom stereocenters. The predicted molar refractivity (Wildman–Crippen MR) is 85.0 cm³/mol. The van der Waals surface area contributed by atoms with E-state index in [0.29, 0.717) is 24.5 Å². The zero-order valence-electron chi connectivity index (χ0n) is 12.8. The number of carbonyl (C=O) groups is 1. The molecule has 3 rings (SSSR count). The molecule has 1 aliphatic heterocycles. The van der Waals surface area contributed by atoms with Crippen molar-refractivity contribution in [3.63, 3.8) is 0 Å². The monoisotopic (exact) mass is 320 g/mol. The first-order valence-corrected chi connectivity index (χ1v) is 8.45. The minimum atomic E-state index is -0.0554. The smallest absolute Gasteiger partial charge is 0.276 e. The highest BCUT2D eigenvalue weighted by Gasteiger charge is 2.28. The van der Waals surface area contributed by atoms with E-state index in [0.717, 1.165) is 17.7 Å². The van der Waals surface area contributed by atoms with Crippen LogP contribution in [0.1, 0.15) is 37.2 Å². The average Bonchev–Trinajstić information content (AvgIpc) is 3.17. The minimum absolute atomic E-state index is 0.0554. The van der Waals surface area contributed by atoms with Gasteiger partial charge in [-0.2, -0.15) is 0 Å². The van der Waals surface area contributed by atoms with Crippen LogP contribution in [0, 0.1) is 0 Å². The predicted octanol–water partition coefficient (Wildman–Crippen LogP) is 3.43. The first kappa shape index (κ1) is 15.2. The molecule has 0 unspecified atom stereocenters. The first-order valence-electron chi connectivity index (χ1n) is 7.57. The maximum atomic E-state index is 12.7. The molecule has 0 radical (unpaired) electrons. The zero-order valence-corrected chi connectivity index (χ0v) is 13.6. The Morgan fingerprint density at radius 3 is 2.86 bits per heavy atom. The number of piperidine rings is 1. The third kappa shape index (κ3) is 3.23. The number of carbonyl (C=O) groups excluding carboxylic acids is 1. The van der Waals surface area contributed by atoms with E-state index in [1.54, 1.807) is 11.3 Å². The van der Waals surface area contributed by atoms with Crippen LogP contribution in [-0.2, 0) is 4.74 Å². The third-order valence-electron chi connectivity index (χ3n) is 3.71. The minimum Gasteiger partial charge on any atom is -0.442 e. The van der Waals surface area contributed by atoms with E-state index in [2.05, 4.69) is 4.98 Å². The Bertz CT molecular complexity index is 613. The topological polar surface area (TPSA) is 55.6 Å². The van der Waals surface area contributed by atoms with Crippen molar-refractivity contribution in [1.82, 2.24) is 9.88 Å². The lowest BCUT2D eigenvalue weighted by atomic mass is 10.1. The molecule has 0 bridgehead atoms. The van der Waals surface area contributed by atoms with Gasteiger partial charge in [0.25, 0.3) is 5.91 Å². The summed E-state index contributed by atoms with van der Waals surface area (Å²) in [4.78, 5) is 19.6. The van der Waals surface area contributed by atoms with Crippen molar-refractivity contribution < 1.29 is 13.9 Å². The van der Waals surface area contributed by atoms with Crippen LogP contribution in [0.15, 0.2) is 28.3 Å². The van der Waals surface area contributed by atoms with Crippen LogP contribution in [0.2, 0.25) is 0 Å². The van der Waals surface area contributed by atoms with Gasteiger partial charge < -0.3 is 14.1 Å². The van der Waals surface area contributed by atoms with Crippen molar-refractivity contribution in [3.05, 3.63) is 29.6 Å². The van der Waals surface area contributed by atoms with Gasteiger partial charge in [0.15, 0.2) is 17.8 Å². The number of amides is 1. The second-order valence-corrected chi connectivity index (χ2v) is 6.63. The van der Waals surface area contributed by atoms with Crippen LogP contribution in [-0.4, -0.2) is 41.1 Å². The molecule has 0 aromatic carbocycles. The molecule has 2 aromatic rings. The van der Waals surface area contributed by atoms with Gasteiger partial charge in [-0.25, -0.2) is 4.98 Å². The summed E-state index contributed by atoms with van der Waals surface area (Å²) in [5.74, 6) is 0.515.